The first-order valence-electron chi connectivity index (χ1n) is 6.57. The Morgan fingerprint density at radius 3 is 2.58 bits per heavy atom. The van der Waals surface area contributed by atoms with Gasteiger partial charge in [0.25, 0.3) is 0 Å². The van der Waals surface area contributed by atoms with Gasteiger partial charge in [-0.3, -0.25) is 4.79 Å². The minimum Gasteiger partial charge on any atom is -0.481 e. The SMILES string of the molecule is N[C@@H](CC(=O)O)C(C1=CCCC=C1)c1ccccc1. The number of aliphatic carboxylic acids is 1. The first-order chi connectivity index (χ1) is 9.18. The third-order valence-electron chi connectivity index (χ3n) is 3.38. The summed E-state index contributed by atoms with van der Waals surface area (Å²) >= 11 is 0. The molecule has 3 nitrogen and oxygen atoms in total. The third-order valence-corrected chi connectivity index (χ3v) is 3.38. The van der Waals surface area contributed by atoms with E-state index in [2.05, 4.69) is 18.2 Å². The van der Waals surface area contributed by atoms with E-state index in [1.54, 1.807) is 0 Å². The number of rotatable bonds is 5. The number of carboxylic acid groups (broad SMARTS) is 1. The van der Waals surface area contributed by atoms with Crippen LogP contribution < -0.4 is 5.73 Å². The molecule has 0 aliphatic heterocycles. The molecule has 100 valence electrons. The summed E-state index contributed by atoms with van der Waals surface area (Å²) in [6.07, 6.45) is 8.37. The number of carbonyl (C=O) groups is 1. The zero-order valence-electron chi connectivity index (χ0n) is 10.8. The first-order valence-corrected chi connectivity index (χ1v) is 6.57. The van der Waals surface area contributed by atoms with Crippen molar-refractivity contribution in [1.82, 2.24) is 0 Å². The van der Waals surface area contributed by atoms with E-state index >= 15 is 0 Å². The van der Waals surface area contributed by atoms with Crippen LogP contribution in [0.15, 0.2) is 54.1 Å². The summed E-state index contributed by atoms with van der Waals surface area (Å²) in [6, 6.07) is 9.49. The molecule has 0 fully saturated rings. The Hall–Kier alpha value is -1.87. The molecule has 0 saturated carbocycles. The average molecular weight is 257 g/mol. The molecule has 0 aromatic heterocycles. The van der Waals surface area contributed by atoms with Gasteiger partial charge in [-0.15, -0.1) is 0 Å². The number of nitrogens with two attached hydrogens (primary N) is 1. The summed E-state index contributed by atoms with van der Waals surface area (Å²) in [7, 11) is 0. The highest BCUT2D eigenvalue weighted by Gasteiger charge is 2.25. The second kappa shape index (κ2) is 6.34. The van der Waals surface area contributed by atoms with Crippen molar-refractivity contribution in [3.63, 3.8) is 0 Å². The molecule has 1 aromatic carbocycles. The molecule has 2 atom stereocenters. The highest BCUT2D eigenvalue weighted by atomic mass is 16.4. The van der Waals surface area contributed by atoms with Gasteiger partial charge < -0.3 is 10.8 Å². The highest BCUT2D eigenvalue weighted by Crippen LogP contribution is 2.31. The molecule has 0 spiro atoms. The summed E-state index contributed by atoms with van der Waals surface area (Å²) in [5.41, 5.74) is 8.33. The highest BCUT2D eigenvalue weighted by molar-refractivity contribution is 5.68. The van der Waals surface area contributed by atoms with Crippen LogP contribution in [-0.4, -0.2) is 17.1 Å². The van der Waals surface area contributed by atoms with Gasteiger partial charge in [0, 0.05) is 12.0 Å². The normalized spacial score (nSPS) is 17.6. The van der Waals surface area contributed by atoms with Gasteiger partial charge in [0.15, 0.2) is 0 Å². The van der Waals surface area contributed by atoms with Gasteiger partial charge in [0.05, 0.1) is 6.42 Å². The number of allylic oxidation sites excluding steroid dienone is 3. The predicted molar refractivity (Wildman–Crippen MR) is 75.9 cm³/mol. The van der Waals surface area contributed by atoms with Gasteiger partial charge in [-0.25, -0.2) is 0 Å². The Morgan fingerprint density at radius 1 is 1.26 bits per heavy atom. The molecule has 0 amide bonds. The maximum Gasteiger partial charge on any atom is 0.304 e. The van der Waals surface area contributed by atoms with E-state index in [-0.39, 0.29) is 12.3 Å². The Labute approximate surface area is 113 Å². The van der Waals surface area contributed by atoms with Crippen LogP contribution in [0.5, 0.6) is 0 Å². The molecule has 1 aromatic rings. The lowest BCUT2D eigenvalue weighted by Gasteiger charge is -2.26. The van der Waals surface area contributed by atoms with Gasteiger partial charge >= 0.3 is 5.97 Å². The zero-order valence-corrected chi connectivity index (χ0v) is 10.8. The minimum absolute atomic E-state index is 0.0231. The van der Waals surface area contributed by atoms with Crippen molar-refractivity contribution in [3.8, 4) is 0 Å². The fourth-order valence-electron chi connectivity index (χ4n) is 2.53. The summed E-state index contributed by atoms with van der Waals surface area (Å²) in [4.78, 5) is 10.9. The molecule has 1 unspecified atom stereocenters. The molecule has 1 aliphatic rings. The van der Waals surface area contributed by atoms with E-state index in [1.165, 1.54) is 0 Å². The van der Waals surface area contributed by atoms with E-state index in [1.807, 2.05) is 30.3 Å². The van der Waals surface area contributed by atoms with Crippen molar-refractivity contribution in [2.45, 2.75) is 31.2 Å². The van der Waals surface area contributed by atoms with E-state index < -0.39 is 12.0 Å². The lowest BCUT2D eigenvalue weighted by atomic mass is 9.82. The molecule has 2 rings (SSSR count). The standard InChI is InChI=1S/C16H19NO2/c17-14(11-15(18)19)16(12-7-3-1-4-8-12)13-9-5-2-6-10-13/h1,3-5,7-10,14,16H,2,6,11,17H2,(H,18,19)/t14-,16?/m0/s1. The Balaban J connectivity index is 2.30. The molecular formula is C16H19NO2. The largest absolute Gasteiger partial charge is 0.481 e. The maximum atomic E-state index is 10.9. The predicted octanol–water partition coefficient (Wildman–Crippen LogP) is 2.85. The fourth-order valence-corrected chi connectivity index (χ4v) is 2.53. The van der Waals surface area contributed by atoms with Crippen molar-refractivity contribution >= 4 is 5.97 Å². The maximum absolute atomic E-state index is 10.9. The van der Waals surface area contributed by atoms with Crippen molar-refractivity contribution in [2.75, 3.05) is 0 Å². The van der Waals surface area contributed by atoms with E-state index in [9.17, 15) is 4.79 Å². The molecule has 1 aliphatic carbocycles. The molecule has 0 heterocycles. The lowest BCUT2D eigenvalue weighted by molar-refractivity contribution is -0.137. The monoisotopic (exact) mass is 257 g/mol. The quantitative estimate of drug-likeness (QED) is 0.852. The zero-order chi connectivity index (χ0) is 13.7. The summed E-state index contributed by atoms with van der Waals surface area (Å²) < 4.78 is 0. The second-order valence-corrected chi connectivity index (χ2v) is 4.83. The van der Waals surface area contributed by atoms with Crippen LogP contribution in [0.3, 0.4) is 0 Å². The molecular weight excluding hydrogens is 238 g/mol. The Kier molecular flexibility index (Phi) is 4.53. The first kappa shape index (κ1) is 13.6. The molecule has 0 radical (unpaired) electrons. The number of benzene rings is 1. The van der Waals surface area contributed by atoms with Crippen molar-refractivity contribution in [2.24, 2.45) is 5.73 Å². The van der Waals surface area contributed by atoms with Crippen LogP contribution in [0.4, 0.5) is 0 Å². The van der Waals surface area contributed by atoms with Crippen LogP contribution >= 0.6 is 0 Å². The topological polar surface area (TPSA) is 63.3 Å². The molecule has 19 heavy (non-hydrogen) atoms. The van der Waals surface area contributed by atoms with Gasteiger partial charge in [-0.1, -0.05) is 48.6 Å². The van der Waals surface area contributed by atoms with E-state index in [0.717, 1.165) is 24.0 Å². The van der Waals surface area contributed by atoms with E-state index in [4.69, 9.17) is 10.8 Å². The Bertz CT molecular complexity index is 491. The van der Waals surface area contributed by atoms with Crippen molar-refractivity contribution in [3.05, 3.63) is 59.7 Å². The fraction of sp³-hybridized carbons (Fsp3) is 0.312. The molecule has 3 N–H and O–H groups in total. The smallest absolute Gasteiger partial charge is 0.304 e. The van der Waals surface area contributed by atoms with Gasteiger partial charge in [-0.05, 0) is 24.0 Å². The van der Waals surface area contributed by atoms with Crippen molar-refractivity contribution in [1.29, 1.82) is 0 Å². The molecule has 3 heteroatoms. The van der Waals surface area contributed by atoms with Crippen LogP contribution in [0, 0.1) is 0 Å². The third kappa shape index (κ3) is 3.55. The van der Waals surface area contributed by atoms with Crippen LogP contribution in [-0.2, 0) is 4.79 Å². The Morgan fingerprint density at radius 2 is 2.00 bits per heavy atom. The second-order valence-electron chi connectivity index (χ2n) is 4.83. The average Bonchev–Trinajstić information content (AvgIpc) is 2.40. The molecule has 0 saturated heterocycles. The van der Waals surface area contributed by atoms with E-state index in [0.29, 0.717) is 0 Å². The lowest BCUT2D eigenvalue weighted by Crippen LogP contribution is -2.32. The van der Waals surface area contributed by atoms with Crippen LogP contribution in [0.2, 0.25) is 0 Å². The van der Waals surface area contributed by atoms with Crippen LogP contribution in [0.1, 0.15) is 30.7 Å². The van der Waals surface area contributed by atoms with Gasteiger partial charge in [-0.2, -0.15) is 0 Å². The number of hydrogen-bond donors (Lipinski definition) is 2. The number of hydrogen-bond acceptors (Lipinski definition) is 2. The minimum atomic E-state index is -0.853. The summed E-state index contributed by atoms with van der Waals surface area (Å²) in [5, 5.41) is 8.96. The van der Waals surface area contributed by atoms with Crippen LogP contribution in [0.25, 0.3) is 0 Å². The van der Waals surface area contributed by atoms with Gasteiger partial charge in [0.1, 0.15) is 0 Å². The summed E-state index contributed by atoms with van der Waals surface area (Å²) in [5.74, 6) is -0.900. The van der Waals surface area contributed by atoms with Crippen molar-refractivity contribution < 1.29 is 9.90 Å². The summed E-state index contributed by atoms with van der Waals surface area (Å²) in [6.45, 7) is 0. The van der Waals surface area contributed by atoms with Gasteiger partial charge in [0.2, 0.25) is 0 Å². The number of carboxylic acids is 1. The molecule has 0 bridgehead atoms.